The topological polar surface area (TPSA) is 36.3 Å². The van der Waals surface area contributed by atoms with Crippen LogP contribution in [0.1, 0.15) is 0 Å². The monoisotopic (exact) mass is 260 g/mol. The quantitative estimate of drug-likeness (QED) is 0.726. The lowest BCUT2D eigenvalue weighted by molar-refractivity contribution is 0.357. The fourth-order valence-corrected chi connectivity index (χ4v) is 2.91. The van der Waals surface area contributed by atoms with Gasteiger partial charge in [-0.25, -0.2) is 4.98 Å². The van der Waals surface area contributed by atoms with Crippen LogP contribution in [-0.2, 0) is 0 Å². The molecule has 0 saturated heterocycles. The minimum atomic E-state index is 0.741. The molecule has 2 aromatic heterocycles. The molecule has 0 N–H and O–H groups in total. The van der Waals surface area contributed by atoms with Gasteiger partial charge in [0.15, 0.2) is 11.5 Å². The Balaban J connectivity index is 2.23. The Morgan fingerprint density at radius 3 is 2.78 bits per heavy atom. The van der Waals surface area contributed by atoms with Crippen LogP contribution in [0.4, 0.5) is 0 Å². The van der Waals surface area contributed by atoms with Crippen LogP contribution in [0.2, 0.25) is 0 Å². The van der Waals surface area contributed by atoms with Gasteiger partial charge in [-0.2, -0.15) is 0 Å². The van der Waals surface area contributed by atoms with Crippen molar-refractivity contribution in [1.82, 2.24) is 9.55 Å². The van der Waals surface area contributed by atoms with Crippen LogP contribution < -0.4 is 9.47 Å². The fraction of sp³-hybridized carbons (Fsp3) is 0.154. The van der Waals surface area contributed by atoms with E-state index in [2.05, 4.69) is 4.98 Å². The first-order valence-electron chi connectivity index (χ1n) is 5.47. The first kappa shape index (κ1) is 11.1. The minimum Gasteiger partial charge on any atom is -0.492 e. The summed E-state index contributed by atoms with van der Waals surface area (Å²) < 4.78 is 12.7. The van der Waals surface area contributed by atoms with Gasteiger partial charge in [0, 0.05) is 5.38 Å². The van der Waals surface area contributed by atoms with Gasteiger partial charge in [-0.05, 0) is 12.1 Å². The third-order valence-corrected chi connectivity index (χ3v) is 3.73. The van der Waals surface area contributed by atoms with Crippen LogP contribution >= 0.6 is 11.3 Å². The highest BCUT2D eigenvalue weighted by Crippen LogP contribution is 2.40. The second-order valence-corrected chi connectivity index (χ2v) is 4.60. The molecule has 0 bridgehead atoms. The van der Waals surface area contributed by atoms with Gasteiger partial charge in [0.2, 0.25) is 0 Å². The molecule has 0 spiro atoms. The summed E-state index contributed by atoms with van der Waals surface area (Å²) in [4.78, 5) is 4.38. The Labute approximate surface area is 108 Å². The van der Waals surface area contributed by atoms with Gasteiger partial charge in [-0.3, -0.25) is 4.57 Å². The smallest absolute Gasteiger partial charge is 0.196 e. The normalized spacial score (nSPS) is 10.8. The molecule has 3 aromatic rings. The molecule has 0 aliphatic rings. The van der Waals surface area contributed by atoms with E-state index < -0.39 is 0 Å². The SMILES string of the molecule is COc1csc(-n2cnc3ccccc32)c1OC. The highest BCUT2D eigenvalue weighted by molar-refractivity contribution is 7.13. The summed E-state index contributed by atoms with van der Waals surface area (Å²) in [6.45, 7) is 0. The van der Waals surface area contributed by atoms with Crippen LogP contribution in [0.3, 0.4) is 0 Å². The summed E-state index contributed by atoms with van der Waals surface area (Å²) in [5.74, 6) is 1.49. The van der Waals surface area contributed by atoms with Crippen LogP contribution in [0.5, 0.6) is 11.5 Å². The summed E-state index contributed by atoms with van der Waals surface area (Å²) in [5.41, 5.74) is 2.02. The van der Waals surface area contributed by atoms with Crippen molar-refractivity contribution in [3.63, 3.8) is 0 Å². The molecule has 2 heterocycles. The molecule has 92 valence electrons. The van der Waals surface area contributed by atoms with Crippen molar-refractivity contribution in [3.8, 4) is 16.5 Å². The second-order valence-electron chi connectivity index (χ2n) is 3.75. The van der Waals surface area contributed by atoms with Crippen molar-refractivity contribution < 1.29 is 9.47 Å². The number of methoxy groups -OCH3 is 2. The van der Waals surface area contributed by atoms with Crippen molar-refractivity contribution in [2.24, 2.45) is 0 Å². The average molecular weight is 260 g/mol. The summed E-state index contributed by atoms with van der Waals surface area (Å²) >= 11 is 1.57. The molecule has 0 saturated carbocycles. The second kappa shape index (κ2) is 4.34. The number of fused-ring (bicyclic) bond motifs is 1. The number of hydrogen-bond donors (Lipinski definition) is 0. The van der Waals surface area contributed by atoms with Crippen molar-refractivity contribution >= 4 is 22.4 Å². The number of imidazole rings is 1. The maximum absolute atomic E-state index is 5.42. The molecule has 1 aromatic carbocycles. The third-order valence-electron chi connectivity index (χ3n) is 2.79. The van der Waals surface area contributed by atoms with E-state index in [-0.39, 0.29) is 0 Å². The lowest BCUT2D eigenvalue weighted by Gasteiger charge is -2.06. The summed E-state index contributed by atoms with van der Waals surface area (Å²) in [5, 5.41) is 2.91. The van der Waals surface area contributed by atoms with Crippen LogP contribution in [0.15, 0.2) is 36.0 Å². The van der Waals surface area contributed by atoms with Gasteiger partial charge in [0.05, 0.1) is 25.3 Å². The molecule has 0 amide bonds. The van der Waals surface area contributed by atoms with Gasteiger partial charge < -0.3 is 9.47 Å². The summed E-state index contributed by atoms with van der Waals surface area (Å²) in [6, 6.07) is 8.00. The molecule has 3 rings (SSSR count). The number of para-hydroxylation sites is 2. The number of hydrogen-bond acceptors (Lipinski definition) is 4. The van der Waals surface area contributed by atoms with Gasteiger partial charge in [-0.1, -0.05) is 12.1 Å². The van der Waals surface area contributed by atoms with E-state index in [0.717, 1.165) is 27.5 Å². The van der Waals surface area contributed by atoms with Crippen molar-refractivity contribution in [3.05, 3.63) is 36.0 Å². The van der Waals surface area contributed by atoms with Crippen molar-refractivity contribution in [1.29, 1.82) is 0 Å². The predicted octanol–water partition coefficient (Wildman–Crippen LogP) is 3.10. The minimum absolute atomic E-state index is 0.741. The summed E-state index contributed by atoms with van der Waals surface area (Å²) in [6.07, 6.45) is 1.80. The molecule has 4 nitrogen and oxygen atoms in total. The largest absolute Gasteiger partial charge is 0.492 e. The van der Waals surface area contributed by atoms with Crippen molar-refractivity contribution in [2.75, 3.05) is 14.2 Å². The van der Waals surface area contributed by atoms with E-state index in [1.54, 1.807) is 31.9 Å². The van der Waals surface area contributed by atoms with Gasteiger partial charge in [-0.15, -0.1) is 11.3 Å². The van der Waals surface area contributed by atoms with Crippen LogP contribution in [0.25, 0.3) is 16.0 Å². The maximum Gasteiger partial charge on any atom is 0.196 e. The highest BCUT2D eigenvalue weighted by Gasteiger charge is 2.16. The number of nitrogens with zero attached hydrogens (tertiary/aromatic N) is 2. The zero-order valence-electron chi connectivity index (χ0n) is 10.1. The number of ether oxygens (including phenoxy) is 2. The Hall–Kier alpha value is -2.01. The first-order valence-corrected chi connectivity index (χ1v) is 6.35. The van der Waals surface area contributed by atoms with Crippen LogP contribution in [0, 0.1) is 0 Å². The number of aromatic nitrogens is 2. The molecule has 5 heteroatoms. The molecular weight excluding hydrogens is 248 g/mol. The average Bonchev–Trinajstić information content (AvgIpc) is 3.01. The Kier molecular flexibility index (Phi) is 2.68. The fourth-order valence-electron chi connectivity index (χ4n) is 1.94. The maximum atomic E-state index is 5.42. The molecule has 0 aliphatic carbocycles. The molecule has 0 unspecified atom stereocenters. The standard InChI is InChI=1S/C13H12N2O2S/c1-16-11-7-18-13(12(11)17-2)15-8-14-9-5-3-4-6-10(9)15/h3-8H,1-2H3. The molecule has 0 atom stereocenters. The zero-order chi connectivity index (χ0) is 12.5. The van der Waals surface area contributed by atoms with E-state index in [0.29, 0.717) is 0 Å². The van der Waals surface area contributed by atoms with Crippen LogP contribution in [-0.4, -0.2) is 23.8 Å². The van der Waals surface area contributed by atoms with E-state index in [1.165, 1.54) is 0 Å². The summed E-state index contributed by atoms with van der Waals surface area (Å²) in [7, 11) is 3.29. The molecular formula is C13H12N2O2S. The number of thiophene rings is 1. The first-order chi connectivity index (χ1) is 8.85. The van der Waals surface area contributed by atoms with Gasteiger partial charge in [0.25, 0.3) is 0 Å². The molecule has 0 aliphatic heterocycles. The molecule has 18 heavy (non-hydrogen) atoms. The molecule has 0 fully saturated rings. The Bertz CT molecular complexity index is 687. The zero-order valence-corrected chi connectivity index (χ0v) is 10.9. The number of benzene rings is 1. The lowest BCUT2D eigenvalue weighted by Crippen LogP contribution is -1.93. The number of rotatable bonds is 3. The molecule has 0 radical (unpaired) electrons. The van der Waals surface area contributed by atoms with E-state index in [9.17, 15) is 0 Å². The lowest BCUT2D eigenvalue weighted by atomic mass is 10.3. The Morgan fingerprint density at radius 2 is 2.00 bits per heavy atom. The van der Waals surface area contributed by atoms with E-state index in [4.69, 9.17) is 9.47 Å². The van der Waals surface area contributed by atoms with E-state index in [1.807, 2.05) is 34.2 Å². The van der Waals surface area contributed by atoms with Gasteiger partial charge in [0.1, 0.15) is 11.3 Å². The van der Waals surface area contributed by atoms with Gasteiger partial charge >= 0.3 is 0 Å². The predicted molar refractivity (Wildman–Crippen MR) is 72.1 cm³/mol. The highest BCUT2D eigenvalue weighted by atomic mass is 32.1. The van der Waals surface area contributed by atoms with E-state index >= 15 is 0 Å². The third kappa shape index (κ3) is 1.55. The van der Waals surface area contributed by atoms with Crippen molar-refractivity contribution in [2.45, 2.75) is 0 Å². The Morgan fingerprint density at radius 1 is 1.17 bits per heavy atom.